The highest BCUT2D eigenvalue weighted by atomic mass is 16.5. The zero-order valence-corrected chi connectivity index (χ0v) is 19.4. The van der Waals surface area contributed by atoms with Crippen LogP contribution in [0.15, 0.2) is 78.0 Å². The zero-order valence-electron chi connectivity index (χ0n) is 19.4. The van der Waals surface area contributed by atoms with Gasteiger partial charge in [-0.25, -0.2) is 14.8 Å². The molecule has 0 saturated heterocycles. The summed E-state index contributed by atoms with van der Waals surface area (Å²) in [5.74, 6) is 0.574. The van der Waals surface area contributed by atoms with Crippen LogP contribution in [0.25, 0.3) is 38.8 Å². The van der Waals surface area contributed by atoms with Gasteiger partial charge >= 0.3 is 5.69 Å². The van der Waals surface area contributed by atoms with Crippen LogP contribution < -0.4 is 15.7 Å². The number of pyridine rings is 3. The third kappa shape index (κ3) is 3.82. The highest BCUT2D eigenvalue weighted by molar-refractivity contribution is 6.05. The zero-order chi connectivity index (χ0) is 24.5. The van der Waals surface area contributed by atoms with Gasteiger partial charge in [-0.15, -0.1) is 0 Å². The number of anilines is 1. The second-order valence-corrected chi connectivity index (χ2v) is 7.85. The van der Waals surface area contributed by atoms with E-state index in [0.29, 0.717) is 28.4 Å². The van der Waals surface area contributed by atoms with Crippen molar-refractivity contribution in [3.63, 3.8) is 0 Å². The van der Waals surface area contributed by atoms with Crippen LogP contribution >= 0.6 is 0 Å². The molecule has 0 bridgehead atoms. The molecule has 9 nitrogen and oxygen atoms in total. The average molecular weight is 467 g/mol. The Morgan fingerprint density at radius 1 is 1.06 bits per heavy atom. The van der Waals surface area contributed by atoms with Crippen LogP contribution in [0.1, 0.15) is 6.92 Å². The van der Waals surface area contributed by atoms with E-state index in [9.17, 15) is 9.59 Å². The van der Waals surface area contributed by atoms with Crippen molar-refractivity contribution >= 4 is 33.7 Å². The SMILES string of the molecule is CC=CC(=O)Nc1ccc(-c2ccc3ncc4c(c3c2)n(-c2cccnc2OC)c(=O)n4C)cn1. The van der Waals surface area contributed by atoms with Gasteiger partial charge < -0.3 is 10.1 Å². The van der Waals surface area contributed by atoms with E-state index in [1.807, 2.05) is 24.3 Å². The van der Waals surface area contributed by atoms with Gasteiger partial charge in [0.1, 0.15) is 11.5 Å². The number of methoxy groups -OCH3 is 1. The number of allylic oxidation sites excluding steroid dienone is 1. The van der Waals surface area contributed by atoms with Crippen molar-refractivity contribution in [2.45, 2.75) is 6.92 Å². The first-order valence-corrected chi connectivity index (χ1v) is 10.9. The van der Waals surface area contributed by atoms with E-state index < -0.39 is 0 Å². The molecule has 4 aromatic heterocycles. The fourth-order valence-electron chi connectivity index (χ4n) is 4.07. The molecule has 0 unspecified atom stereocenters. The van der Waals surface area contributed by atoms with E-state index in [0.717, 1.165) is 22.0 Å². The molecule has 0 atom stereocenters. The lowest BCUT2D eigenvalue weighted by atomic mass is 10.0. The molecule has 0 aliphatic rings. The van der Waals surface area contributed by atoms with Crippen molar-refractivity contribution in [3.8, 4) is 22.7 Å². The first-order chi connectivity index (χ1) is 17.0. The average Bonchev–Trinajstić information content (AvgIpc) is 3.14. The maximum absolute atomic E-state index is 13.3. The van der Waals surface area contributed by atoms with Gasteiger partial charge in [-0.2, -0.15) is 0 Å². The van der Waals surface area contributed by atoms with Crippen LogP contribution in [0.3, 0.4) is 0 Å². The molecule has 0 aliphatic heterocycles. The Bertz CT molecular complexity index is 1670. The van der Waals surface area contributed by atoms with Crippen molar-refractivity contribution in [1.29, 1.82) is 0 Å². The molecule has 1 amide bonds. The Morgan fingerprint density at radius 2 is 1.89 bits per heavy atom. The summed E-state index contributed by atoms with van der Waals surface area (Å²) in [6, 6.07) is 13.0. The lowest BCUT2D eigenvalue weighted by Crippen LogP contribution is -2.21. The molecule has 0 spiro atoms. The van der Waals surface area contributed by atoms with E-state index >= 15 is 0 Å². The Morgan fingerprint density at radius 3 is 2.63 bits per heavy atom. The van der Waals surface area contributed by atoms with Gasteiger partial charge in [-0.1, -0.05) is 12.1 Å². The fraction of sp³-hybridized carbons (Fsp3) is 0.115. The van der Waals surface area contributed by atoms with Gasteiger partial charge in [-0.05, 0) is 55.0 Å². The van der Waals surface area contributed by atoms with Crippen LogP contribution in [-0.4, -0.2) is 37.1 Å². The summed E-state index contributed by atoms with van der Waals surface area (Å²) in [7, 11) is 3.24. The van der Waals surface area contributed by atoms with Gasteiger partial charge in [-0.3, -0.25) is 18.9 Å². The van der Waals surface area contributed by atoms with Crippen LogP contribution in [0.5, 0.6) is 5.88 Å². The number of carbonyl (C=O) groups is 1. The minimum atomic E-state index is -0.236. The molecule has 0 saturated carbocycles. The Balaban J connectivity index is 1.69. The van der Waals surface area contributed by atoms with Crippen LogP contribution in [0.2, 0.25) is 0 Å². The quantitative estimate of drug-likeness (QED) is 0.395. The number of aryl methyl sites for hydroxylation is 1. The minimum absolute atomic E-state index is 0.228. The largest absolute Gasteiger partial charge is 0.479 e. The maximum atomic E-state index is 13.3. The number of imidazole rings is 1. The monoisotopic (exact) mass is 466 g/mol. The van der Waals surface area contributed by atoms with Crippen molar-refractivity contribution in [2.75, 3.05) is 12.4 Å². The third-order valence-electron chi connectivity index (χ3n) is 5.73. The minimum Gasteiger partial charge on any atom is -0.479 e. The van der Waals surface area contributed by atoms with E-state index in [1.165, 1.54) is 13.2 Å². The number of rotatable bonds is 5. The molecule has 0 radical (unpaired) electrons. The summed E-state index contributed by atoms with van der Waals surface area (Å²) >= 11 is 0. The number of ether oxygens (including phenoxy) is 1. The second kappa shape index (κ2) is 8.86. The Hall–Kier alpha value is -4.79. The molecule has 9 heteroatoms. The van der Waals surface area contributed by atoms with E-state index in [-0.39, 0.29) is 11.6 Å². The first-order valence-electron chi connectivity index (χ1n) is 10.9. The molecule has 35 heavy (non-hydrogen) atoms. The molecule has 1 aromatic carbocycles. The number of amides is 1. The number of fused-ring (bicyclic) bond motifs is 3. The fourth-order valence-corrected chi connectivity index (χ4v) is 4.07. The molecule has 174 valence electrons. The molecule has 1 N–H and O–H groups in total. The smallest absolute Gasteiger partial charge is 0.333 e. The second-order valence-electron chi connectivity index (χ2n) is 7.85. The van der Waals surface area contributed by atoms with Crippen LogP contribution in [0.4, 0.5) is 5.82 Å². The highest BCUT2D eigenvalue weighted by Gasteiger charge is 2.19. The molecule has 5 rings (SSSR count). The number of nitrogens with one attached hydrogen (secondary N) is 1. The van der Waals surface area contributed by atoms with Crippen molar-refractivity contribution in [2.24, 2.45) is 7.05 Å². The number of benzene rings is 1. The summed E-state index contributed by atoms with van der Waals surface area (Å²) in [5.41, 5.74) is 4.21. The van der Waals surface area contributed by atoms with Crippen molar-refractivity contribution < 1.29 is 9.53 Å². The summed E-state index contributed by atoms with van der Waals surface area (Å²) in [4.78, 5) is 38.3. The number of aromatic nitrogens is 5. The number of nitrogens with zero attached hydrogens (tertiary/aromatic N) is 5. The summed E-state index contributed by atoms with van der Waals surface area (Å²) < 4.78 is 8.60. The molecule has 0 aliphatic carbocycles. The Labute approximate surface area is 200 Å². The summed E-state index contributed by atoms with van der Waals surface area (Å²) in [5, 5.41) is 3.52. The van der Waals surface area contributed by atoms with Crippen LogP contribution in [-0.2, 0) is 11.8 Å². The Kier molecular flexibility index (Phi) is 5.58. The summed E-state index contributed by atoms with van der Waals surface area (Å²) in [6.07, 6.45) is 8.11. The van der Waals surface area contributed by atoms with Gasteiger partial charge in [0.2, 0.25) is 11.8 Å². The van der Waals surface area contributed by atoms with Crippen molar-refractivity contribution in [3.05, 3.63) is 83.7 Å². The van der Waals surface area contributed by atoms with E-state index in [2.05, 4.69) is 20.3 Å². The summed E-state index contributed by atoms with van der Waals surface area (Å²) in [6.45, 7) is 1.78. The maximum Gasteiger partial charge on any atom is 0.333 e. The molecule has 0 fully saturated rings. The predicted molar refractivity (Wildman–Crippen MR) is 135 cm³/mol. The topological polar surface area (TPSA) is 104 Å². The first kappa shape index (κ1) is 22.0. The third-order valence-corrected chi connectivity index (χ3v) is 5.73. The number of carbonyl (C=O) groups excluding carboxylic acids is 1. The molecule has 5 aromatic rings. The normalized spacial score (nSPS) is 11.4. The molecule has 4 heterocycles. The van der Waals surface area contributed by atoms with Crippen molar-refractivity contribution in [1.82, 2.24) is 24.1 Å². The van der Waals surface area contributed by atoms with Crippen LogP contribution in [0, 0.1) is 0 Å². The number of hydrogen-bond acceptors (Lipinski definition) is 6. The van der Waals surface area contributed by atoms with E-state index in [4.69, 9.17) is 4.74 Å². The standard InChI is InChI=1S/C26H22N6O3/c1-4-6-23(33)30-22-11-9-17(14-29-22)16-8-10-19-18(13-16)24-21(15-28-19)31(2)26(34)32(24)20-7-5-12-27-25(20)35-3/h4-15H,1-3H3,(H,29,30,33). The lowest BCUT2D eigenvalue weighted by Gasteiger charge is -2.10. The predicted octanol–water partition coefficient (Wildman–Crippen LogP) is 3.86. The highest BCUT2D eigenvalue weighted by Crippen LogP contribution is 2.31. The van der Waals surface area contributed by atoms with E-state index in [1.54, 1.807) is 66.0 Å². The van der Waals surface area contributed by atoms with Gasteiger partial charge in [0.25, 0.3) is 0 Å². The number of hydrogen-bond donors (Lipinski definition) is 1. The van der Waals surface area contributed by atoms with Gasteiger partial charge in [0.05, 0.1) is 29.9 Å². The molecular weight excluding hydrogens is 444 g/mol. The molecular formula is C26H22N6O3. The lowest BCUT2D eigenvalue weighted by molar-refractivity contribution is -0.111. The van der Waals surface area contributed by atoms with Gasteiger partial charge in [0.15, 0.2) is 0 Å². The van der Waals surface area contributed by atoms with Gasteiger partial charge in [0, 0.05) is 30.4 Å².